The van der Waals surface area contributed by atoms with Gasteiger partial charge >= 0.3 is 6.09 Å². The molecule has 1 N–H and O–H groups in total. The van der Waals surface area contributed by atoms with E-state index in [1.807, 2.05) is 13.0 Å². The average molecular weight is 291 g/mol. The Bertz CT molecular complexity index is 500. The van der Waals surface area contributed by atoms with E-state index >= 15 is 0 Å². The number of likely N-dealkylation sites (tertiary alicyclic amines) is 1. The minimum atomic E-state index is -0.769. The average Bonchev–Trinajstić information content (AvgIpc) is 2.47. The summed E-state index contributed by atoms with van der Waals surface area (Å²) in [6.45, 7) is 3.93. The number of imide groups is 1. The van der Waals surface area contributed by atoms with E-state index in [0.717, 1.165) is 11.3 Å². The lowest BCUT2D eigenvalue weighted by Gasteiger charge is -2.37. The summed E-state index contributed by atoms with van der Waals surface area (Å²) >= 11 is 0. The lowest BCUT2D eigenvalue weighted by atomic mass is 9.80. The molecule has 0 radical (unpaired) electrons. The van der Waals surface area contributed by atoms with Gasteiger partial charge in [-0.25, -0.2) is 9.69 Å². The number of ether oxygens (including phenoxy) is 1. The summed E-state index contributed by atoms with van der Waals surface area (Å²) in [6.07, 6.45) is 0.0612. The number of carbonyl (C=O) groups excluding carboxylic acids is 2. The second-order valence-corrected chi connectivity index (χ2v) is 5.39. The first-order valence-corrected chi connectivity index (χ1v) is 7.31. The van der Waals surface area contributed by atoms with Crippen LogP contribution in [0.15, 0.2) is 30.3 Å². The van der Waals surface area contributed by atoms with Gasteiger partial charge in [0.1, 0.15) is 5.75 Å². The van der Waals surface area contributed by atoms with Crippen molar-refractivity contribution in [2.75, 3.05) is 6.54 Å². The molecule has 0 bridgehead atoms. The van der Waals surface area contributed by atoms with Crippen LogP contribution in [-0.4, -0.2) is 34.7 Å². The molecule has 1 aliphatic heterocycles. The summed E-state index contributed by atoms with van der Waals surface area (Å²) in [5.41, 5.74) is 0. The van der Waals surface area contributed by atoms with Crippen molar-refractivity contribution in [1.82, 2.24) is 4.90 Å². The molecule has 3 atom stereocenters. The monoisotopic (exact) mass is 291 g/mol. The zero-order chi connectivity index (χ0) is 15.4. The fourth-order valence-electron chi connectivity index (χ4n) is 2.85. The van der Waals surface area contributed by atoms with Crippen LogP contribution in [0.25, 0.3) is 0 Å². The SMILES string of the molecule is CC[C@@H]1CCN(C(=O)Oc2ccccc2)C(=O)[C@H]1[C@H](C)O. The van der Waals surface area contributed by atoms with Crippen LogP contribution in [0.1, 0.15) is 26.7 Å². The fraction of sp³-hybridized carbons (Fsp3) is 0.500. The number of rotatable bonds is 3. The lowest BCUT2D eigenvalue weighted by molar-refractivity contribution is -0.143. The molecule has 0 aromatic heterocycles. The normalized spacial score (nSPS) is 23.8. The molecule has 0 unspecified atom stereocenters. The molecule has 0 saturated carbocycles. The van der Waals surface area contributed by atoms with Gasteiger partial charge in [0, 0.05) is 6.54 Å². The number of aliphatic hydroxyl groups excluding tert-OH is 1. The van der Waals surface area contributed by atoms with Crippen molar-refractivity contribution >= 4 is 12.0 Å². The molecule has 0 aliphatic carbocycles. The summed E-state index contributed by atoms with van der Waals surface area (Å²) < 4.78 is 5.21. The molecule has 1 heterocycles. The summed E-state index contributed by atoms with van der Waals surface area (Å²) in [6, 6.07) is 8.65. The summed E-state index contributed by atoms with van der Waals surface area (Å²) in [4.78, 5) is 25.7. The van der Waals surface area contributed by atoms with Gasteiger partial charge in [0.05, 0.1) is 12.0 Å². The van der Waals surface area contributed by atoms with Crippen LogP contribution in [0.2, 0.25) is 0 Å². The first-order valence-electron chi connectivity index (χ1n) is 7.31. The summed E-state index contributed by atoms with van der Waals surface area (Å²) in [5.74, 6) is -0.365. The zero-order valence-electron chi connectivity index (χ0n) is 12.4. The van der Waals surface area contributed by atoms with E-state index in [1.54, 1.807) is 31.2 Å². The summed E-state index contributed by atoms with van der Waals surface area (Å²) in [7, 11) is 0. The highest BCUT2D eigenvalue weighted by molar-refractivity contribution is 5.95. The van der Waals surface area contributed by atoms with Crippen molar-refractivity contribution in [2.24, 2.45) is 11.8 Å². The second-order valence-electron chi connectivity index (χ2n) is 5.39. The van der Waals surface area contributed by atoms with Crippen molar-refractivity contribution in [2.45, 2.75) is 32.8 Å². The van der Waals surface area contributed by atoms with Gasteiger partial charge < -0.3 is 9.84 Å². The number of piperidine rings is 1. The molecular formula is C16H21NO4. The smallest absolute Gasteiger partial charge is 0.410 e. The number of hydrogen-bond acceptors (Lipinski definition) is 4. The first-order chi connectivity index (χ1) is 10.0. The topological polar surface area (TPSA) is 66.8 Å². The van der Waals surface area contributed by atoms with Crippen LogP contribution in [0.3, 0.4) is 0 Å². The van der Waals surface area contributed by atoms with Gasteiger partial charge in [0.2, 0.25) is 5.91 Å². The molecule has 1 aromatic carbocycles. The Kier molecular flexibility index (Phi) is 4.96. The number of nitrogens with zero attached hydrogens (tertiary/aromatic N) is 1. The standard InChI is InChI=1S/C16H21NO4/c1-3-12-9-10-17(15(19)14(12)11(2)18)16(20)21-13-7-5-4-6-8-13/h4-8,11-12,14,18H,3,9-10H2,1-2H3/t11-,12+,14-/m0/s1. The van der Waals surface area contributed by atoms with Gasteiger partial charge in [-0.15, -0.1) is 0 Å². The highest BCUT2D eigenvalue weighted by atomic mass is 16.6. The van der Waals surface area contributed by atoms with Crippen LogP contribution in [-0.2, 0) is 4.79 Å². The van der Waals surface area contributed by atoms with Gasteiger partial charge in [-0.3, -0.25) is 4.79 Å². The second kappa shape index (κ2) is 6.72. The third-order valence-electron chi connectivity index (χ3n) is 4.00. The molecule has 1 aromatic rings. The predicted molar refractivity (Wildman–Crippen MR) is 77.7 cm³/mol. The zero-order valence-corrected chi connectivity index (χ0v) is 12.4. The number of benzene rings is 1. The Hall–Kier alpha value is -1.88. The van der Waals surface area contributed by atoms with Crippen LogP contribution in [0, 0.1) is 11.8 Å². The third-order valence-corrected chi connectivity index (χ3v) is 4.00. The molecule has 5 heteroatoms. The van der Waals surface area contributed by atoms with Gasteiger partial charge in [0.25, 0.3) is 0 Å². The minimum absolute atomic E-state index is 0.110. The Morgan fingerprint density at radius 3 is 2.67 bits per heavy atom. The minimum Gasteiger partial charge on any atom is -0.410 e. The number of aliphatic hydroxyl groups is 1. The van der Waals surface area contributed by atoms with E-state index in [9.17, 15) is 14.7 Å². The Morgan fingerprint density at radius 1 is 1.43 bits per heavy atom. The molecule has 2 rings (SSSR count). The highest BCUT2D eigenvalue weighted by Crippen LogP contribution is 2.30. The molecule has 1 saturated heterocycles. The van der Waals surface area contributed by atoms with E-state index in [1.165, 1.54) is 0 Å². The van der Waals surface area contributed by atoms with Gasteiger partial charge in [-0.1, -0.05) is 31.5 Å². The van der Waals surface area contributed by atoms with Gasteiger partial charge in [-0.05, 0) is 31.4 Å². The number of carbonyl (C=O) groups is 2. The molecule has 21 heavy (non-hydrogen) atoms. The Labute approximate surface area is 124 Å². The number of para-hydroxylation sites is 1. The quantitative estimate of drug-likeness (QED) is 0.929. The van der Waals surface area contributed by atoms with E-state index in [4.69, 9.17) is 4.74 Å². The molecular weight excluding hydrogens is 270 g/mol. The molecule has 114 valence electrons. The van der Waals surface area contributed by atoms with Gasteiger partial charge in [0.15, 0.2) is 0 Å². The first kappa shape index (κ1) is 15.5. The van der Waals surface area contributed by atoms with Crippen LogP contribution >= 0.6 is 0 Å². The van der Waals surface area contributed by atoms with Crippen LogP contribution < -0.4 is 4.74 Å². The number of hydrogen-bond donors (Lipinski definition) is 1. The molecule has 0 spiro atoms. The van der Waals surface area contributed by atoms with Crippen LogP contribution in [0.4, 0.5) is 4.79 Å². The van der Waals surface area contributed by atoms with E-state index < -0.39 is 18.1 Å². The van der Waals surface area contributed by atoms with Gasteiger partial charge in [-0.2, -0.15) is 0 Å². The Balaban J connectivity index is 2.09. The third kappa shape index (κ3) is 3.42. The Morgan fingerprint density at radius 2 is 2.10 bits per heavy atom. The highest BCUT2D eigenvalue weighted by Gasteiger charge is 2.41. The maximum Gasteiger partial charge on any atom is 0.421 e. The van der Waals surface area contributed by atoms with Crippen molar-refractivity contribution < 1.29 is 19.4 Å². The maximum absolute atomic E-state index is 12.4. The van der Waals surface area contributed by atoms with Crippen molar-refractivity contribution in [3.8, 4) is 5.75 Å². The van der Waals surface area contributed by atoms with Crippen molar-refractivity contribution in [1.29, 1.82) is 0 Å². The van der Waals surface area contributed by atoms with Crippen molar-refractivity contribution in [3.63, 3.8) is 0 Å². The van der Waals surface area contributed by atoms with E-state index in [0.29, 0.717) is 18.7 Å². The molecule has 1 aliphatic rings. The summed E-state index contributed by atoms with van der Waals surface area (Å²) in [5, 5.41) is 9.84. The fourth-order valence-corrected chi connectivity index (χ4v) is 2.85. The lowest BCUT2D eigenvalue weighted by Crippen LogP contribution is -2.52. The van der Waals surface area contributed by atoms with Crippen molar-refractivity contribution in [3.05, 3.63) is 30.3 Å². The van der Waals surface area contributed by atoms with E-state index in [-0.39, 0.29) is 11.8 Å². The molecule has 5 nitrogen and oxygen atoms in total. The largest absolute Gasteiger partial charge is 0.421 e. The maximum atomic E-state index is 12.4. The molecule has 1 fully saturated rings. The number of amides is 2. The molecule has 2 amide bonds. The van der Waals surface area contributed by atoms with Crippen LogP contribution in [0.5, 0.6) is 5.75 Å². The predicted octanol–water partition coefficient (Wildman–Crippen LogP) is 2.44. The van der Waals surface area contributed by atoms with E-state index in [2.05, 4.69) is 0 Å².